The zero-order chi connectivity index (χ0) is 24.0. The fraction of sp³-hybridized carbons (Fsp3) is 0.167. The van der Waals surface area contributed by atoms with Gasteiger partial charge in [-0.25, -0.2) is 13.2 Å². The Hall–Kier alpha value is -3.85. The molecule has 6 nitrogen and oxygen atoms in total. The Bertz CT molecular complexity index is 1160. The lowest BCUT2D eigenvalue weighted by Gasteiger charge is -2.20. The maximum absolute atomic E-state index is 13.8. The largest absolute Gasteiger partial charge is 0.495 e. The van der Waals surface area contributed by atoms with E-state index in [0.29, 0.717) is 23.1 Å². The van der Waals surface area contributed by atoms with Gasteiger partial charge in [0, 0.05) is 0 Å². The molecule has 0 unspecified atom stereocenters. The van der Waals surface area contributed by atoms with Crippen LogP contribution in [0.25, 0.3) is 0 Å². The van der Waals surface area contributed by atoms with Gasteiger partial charge in [-0.3, -0.25) is 14.9 Å². The molecule has 2 amide bonds. The van der Waals surface area contributed by atoms with Gasteiger partial charge in [0.05, 0.1) is 25.0 Å². The van der Waals surface area contributed by atoms with Crippen LogP contribution in [0.15, 0.2) is 60.7 Å². The molecule has 0 aliphatic carbocycles. The highest BCUT2D eigenvalue weighted by Gasteiger charge is 2.23. The van der Waals surface area contributed by atoms with E-state index in [1.54, 1.807) is 42.5 Å². The van der Waals surface area contributed by atoms with Gasteiger partial charge in [-0.1, -0.05) is 36.4 Å². The summed E-state index contributed by atoms with van der Waals surface area (Å²) in [6.45, 7) is 1.46. The van der Waals surface area contributed by atoms with Crippen molar-refractivity contribution in [3.05, 3.63) is 89.2 Å². The third-order valence-electron chi connectivity index (χ3n) is 4.78. The van der Waals surface area contributed by atoms with Crippen LogP contribution in [0, 0.1) is 24.4 Å². The number of nitrogens with one attached hydrogen (secondary N) is 3. The van der Waals surface area contributed by atoms with Crippen molar-refractivity contribution in [3.63, 3.8) is 0 Å². The molecule has 9 heteroatoms. The van der Waals surface area contributed by atoms with Gasteiger partial charge >= 0.3 is 0 Å². The van der Waals surface area contributed by atoms with E-state index in [0.717, 1.165) is 11.6 Å². The summed E-state index contributed by atoms with van der Waals surface area (Å²) < 4.78 is 45.6. The monoisotopic (exact) mass is 457 g/mol. The highest BCUT2D eigenvalue weighted by molar-refractivity contribution is 5.98. The molecular weight excluding hydrogens is 435 g/mol. The van der Waals surface area contributed by atoms with Gasteiger partial charge < -0.3 is 15.4 Å². The van der Waals surface area contributed by atoms with E-state index in [1.165, 1.54) is 7.11 Å². The van der Waals surface area contributed by atoms with Crippen molar-refractivity contribution in [3.8, 4) is 5.75 Å². The maximum Gasteiger partial charge on any atom is 0.246 e. The molecule has 33 heavy (non-hydrogen) atoms. The summed E-state index contributed by atoms with van der Waals surface area (Å²) in [7, 11) is 1.48. The van der Waals surface area contributed by atoms with E-state index < -0.39 is 47.5 Å². The van der Waals surface area contributed by atoms with Crippen molar-refractivity contribution in [1.82, 2.24) is 5.32 Å². The molecule has 172 valence electrons. The Morgan fingerprint density at radius 2 is 1.64 bits per heavy atom. The van der Waals surface area contributed by atoms with Crippen LogP contribution in [0.4, 0.5) is 24.5 Å². The van der Waals surface area contributed by atoms with E-state index in [2.05, 4.69) is 16.0 Å². The second-order valence-electron chi connectivity index (χ2n) is 7.19. The van der Waals surface area contributed by atoms with Gasteiger partial charge in [-0.2, -0.15) is 0 Å². The summed E-state index contributed by atoms with van der Waals surface area (Å²) in [4.78, 5) is 25.4. The lowest BCUT2D eigenvalue weighted by molar-refractivity contribution is -0.119. The third kappa shape index (κ3) is 5.89. The molecule has 3 N–H and O–H groups in total. The number of hydrogen-bond donors (Lipinski definition) is 3. The first-order valence-corrected chi connectivity index (χ1v) is 9.97. The lowest BCUT2D eigenvalue weighted by Crippen LogP contribution is -2.38. The van der Waals surface area contributed by atoms with Crippen molar-refractivity contribution >= 4 is 23.2 Å². The van der Waals surface area contributed by atoms with E-state index in [1.807, 2.05) is 13.0 Å². The van der Waals surface area contributed by atoms with Gasteiger partial charge in [0.15, 0.2) is 17.5 Å². The summed E-state index contributed by atoms with van der Waals surface area (Å²) in [5, 5.41) is 7.77. The first-order valence-electron chi connectivity index (χ1n) is 9.97. The quantitative estimate of drug-likeness (QED) is 0.440. The van der Waals surface area contributed by atoms with Crippen LogP contribution < -0.4 is 20.7 Å². The average molecular weight is 457 g/mol. The first kappa shape index (κ1) is 23.8. The fourth-order valence-corrected chi connectivity index (χ4v) is 3.14. The molecule has 0 saturated carbocycles. The smallest absolute Gasteiger partial charge is 0.246 e. The molecule has 0 aromatic heterocycles. The second kappa shape index (κ2) is 10.6. The second-order valence-corrected chi connectivity index (χ2v) is 7.19. The predicted molar refractivity (Wildman–Crippen MR) is 118 cm³/mol. The molecule has 3 aromatic rings. The van der Waals surface area contributed by atoms with Crippen molar-refractivity contribution in [2.24, 2.45) is 0 Å². The molecule has 0 spiro atoms. The summed E-state index contributed by atoms with van der Waals surface area (Å²) in [6.07, 6.45) is 0. The van der Waals surface area contributed by atoms with Gasteiger partial charge in [-0.15, -0.1) is 0 Å². The SMILES string of the molecule is COc1ccc(C)cc1NC(=O)[C@H](NCC(=O)Nc1ccc(F)c(F)c1F)c1ccccc1. The Balaban J connectivity index is 1.75. The van der Waals surface area contributed by atoms with Crippen LogP contribution in [-0.4, -0.2) is 25.5 Å². The number of benzene rings is 3. The number of halogens is 3. The number of anilines is 2. The van der Waals surface area contributed by atoms with Gasteiger partial charge in [0.25, 0.3) is 0 Å². The van der Waals surface area contributed by atoms with Crippen molar-refractivity contribution in [2.75, 3.05) is 24.3 Å². The maximum atomic E-state index is 13.8. The number of aryl methyl sites for hydroxylation is 1. The summed E-state index contributed by atoms with van der Waals surface area (Å²) in [5.74, 6) is -5.30. The van der Waals surface area contributed by atoms with E-state index in [-0.39, 0.29) is 0 Å². The molecule has 0 radical (unpaired) electrons. The zero-order valence-electron chi connectivity index (χ0n) is 17.9. The summed E-state index contributed by atoms with van der Waals surface area (Å²) in [5.41, 5.74) is 1.43. The van der Waals surface area contributed by atoms with Crippen LogP contribution in [0.2, 0.25) is 0 Å². The minimum absolute atomic E-state index is 0.406. The minimum atomic E-state index is -1.69. The van der Waals surface area contributed by atoms with Crippen molar-refractivity contribution in [2.45, 2.75) is 13.0 Å². The summed E-state index contributed by atoms with van der Waals surface area (Å²) in [6, 6.07) is 14.6. The molecule has 0 fully saturated rings. The molecule has 3 aromatic carbocycles. The van der Waals surface area contributed by atoms with Crippen LogP contribution in [0.1, 0.15) is 17.2 Å². The van der Waals surface area contributed by atoms with Gasteiger partial charge in [0.2, 0.25) is 11.8 Å². The van der Waals surface area contributed by atoms with E-state index in [4.69, 9.17) is 4.74 Å². The van der Waals surface area contributed by atoms with E-state index in [9.17, 15) is 22.8 Å². The van der Waals surface area contributed by atoms with Crippen molar-refractivity contribution in [1.29, 1.82) is 0 Å². The highest BCUT2D eigenvalue weighted by Crippen LogP contribution is 2.27. The number of carbonyl (C=O) groups excluding carboxylic acids is 2. The average Bonchev–Trinajstić information content (AvgIpc) is 2.80. The molecule has 0 saturated heterocycles. The number of amides is 2. The van der Waals surface area contributed by atoms with E-state index >= 15 is 0 Å². The van der Waals surface area contributed by atoms with Gasteiger partial charge in [0.1, 0.15) is 11.8 Å². The molecule has 0 bridgehead atoms. The molecule has 0 heterocycles. The summed E-state index contributed by atoms with van der Waals surface area (Å²) >= 11 is 0. The number of methoxy groups -OCH3 is 1. The Morgan fingerprint density at radius 3 is 2.33 bits per heavy atom. The van der Waals surface area contributed by atoms with Crippen LogP contribution >= 0.6 is 0 Å². The third-order valence-corrected chi connectivity index (χ3v) is 4.78. The Kier molecular flexibility index (Phi) is 7.68. The van der Waals surface area contributed by atoms with Crippen LogP contribution in [0.5, 0.6) is 5.75 Å². The Labute approximate surface area is 188 Å². The molecular formula is C24H22F3N3O3. The Morgan fingerprint density at radius 1 is 0.909 bits per heavy atom. The topological polar surface area (TPSA) is 79.5 Å². The molecule has 0 aliphatic heterocycles. The van der Waals surface area contributed by atoms with Crippen LogP contribution in [-0.2, 0) is 9.59 Å². The minimum Gasteiger partial charge on any atom is -0.495 e. The molecule has 3 rings (SSSR count). The number of ether oxygens (including phenoxy) is 1. The fourth-order valence-electron chi connectivity index (χ4n) is 3.14. The standard InChI is InChI=1S/C24H22F3N3O3/c1-14-8-11-19(33-2)18(12-14)30-24(32)23(15-6-4-3-5-7-15)28-13-20(31)29-17-10-9-16(25)21(26)22(17)27/h3-12,23,28H,13H2,1-2H3,(H,29,31)(H,30,32)/t23-/m1/s1. The highest BCUT2D eigenvalue weighted by atomic mass is 19.2. The molecule has 0 aliphatic rings. The normalized spacial score (nSPS) is 11.5. The number of hydrogen-bond acceptors (Lipinski definition) is 4. The number of rotatable bonds is 8. The van der Waals surface area contributed by atoms with Gasteiger partial charge in [-0.05, 0) is 42.3 Å². The first-order chi connectivity index (χ1) is 15.8. The number of carbonyl (C=O) groups is 2. The predicted octanol–water partition coefficient (Wildman–Crippen LogP) is 4.33. The van der Waals surface area contributed by atoms with Crippen molar-refractivity contribution < 1.29 is 27.5 Å². The molecule has 1 atom stereocenters. The lowest BCUT2D eigenvalue weighted by atomic mass is 10.1. The zero-order valence-corrected chi connectivity index (χ0v) is 17.9. The van der Waals surface area contributed by atoms with Crippen LogP contribution in [0.3, 0.4) is 0 Å².